The standard InChI is InChI=1S/C12H22O.C2H4O2/c1-2-3-4-5-6-7-8-9-10-11-12-13;1-2(3)4/h3-4,11-13H,2,5-10H2,1H3;1H3,(H,3,4)/b4-3-,12-11-;. The molecule has 0 bridgehead atoms. The molecule has 0 amide bonds. The van der Waals surface area contributed by atoms with Crippen LogP contribution in [0.2, 0.25) is 0 Å². The molecule has 0 saturated carbocycles. The van der Waals surface area contributed by atoms with E-state index in [1.54, 1.807) is 0 Å². The van der Waals surface area contributed by atoms with Crippen molar-refractivity contribution >= 4 is 5.97 Å². The van der Waals surface area contributed by atoms with Crippen molar-refractivity contribution in [3.63, 3.8) is 0 Å². The molecule has 0 aromatic rings. The van der Waals surface area contributed by atoms with Crippen LogP contribution >= 0.6 is 0 Å². The van der Waals surface area contributed by atoms with Gasteiger partial charge in [-0.3, -0.25) is 4.79 Å². The third-order valence-corrected chi connectivity index (χ3v) is 2.00. The molecule has 17 heavy (non-hydrogen) atoms. The molecular weight excluding hydrogens is 216 g/mol. The highest BCUT2D eigenvalue weighted by molar-refractivity contribution is 5.62. The van der Waals surface area contributed by atoms with E-state index in [0.29, 0.717) is 0 Å². The van der Waals surface area contributed by atoms with Crippen molar-refractivity contribution < 1.29 is 15.0 Å². The molecule has 0 radical (unpaired) electrons. The van der Waals surface area contributed by atoms with Crippen molar-refractivity contribution in [3.05, 3.63) is 24.5 Å². The molecule has 0 heterocycles. The lowest BCUT2D eigenvalue weighted by Gasteiger charge is -1.96. The van der Waals surface area contributed by atoms with Crippen LogP contribution in [0.1, 0.15) is 58.8 Å². The lowest BCUT2D eigenvalue weighted by atomic mass is 10.1. The number of carboxylic acid groups (broad SMARTS) is 1. The van der Waals surface area contributed by atoms with Crippen molar-refractivity contribution in [1.29, 1.82) is 0 Å². The molecule has 3 nitrogen and oxygen atoms in total. The number of hydrogen-bond acceptors (Lipinski definition) is 2. The largest absolute Gasteiger partial charge is 0.516 e. The molecular formula is C14H26O3. The third-order valence-electron chi connectivity index (χ3n) is 2.00. The molecule has 2 N–H and O–H groups in total. The predicted octanol–water partition coefficient (Wildman–Crippen LogP) is 4.46. The Kier molecular flexibility index (Phi) is 18.3. The summed E-state index contributed by atoms with van der Waals surface area (Å²) in [6.45, 7) is 3.25. The maximum atomic E-state index is 9.00. The molecule has 0 aromatic heterocycles. The van der Waals surface area contributed by atoms with Crippen molar-refractivity contribution in [3.8, 4) is 0 Å². The maximum Gasteiger partial charge on any atom is 0.300 e. The number of carboxylic acids is 1. The maximum absolute atomic E-state index is 9.00. The monoisotopic (exact) mass is 242 g/mol. The second-order valence-corrected chi connectivity index (χ2v) is 3.78. The lowest BCUT2D eigenvalue weighted by Crippen LogP contribution is -1.78. The zero-order chi connectivity index (χ0) is 13.4. The van der Waals surface area contributed by atoms with Crippen molar-refractivity contribution in [2.75, 3.05) is 0 Å². The van der Waals surface area contributed by atoms with Crippen LogP contribution in [0.5, 0.6) is 0 Å². The van der Waals surface area contributed by atoms with Crippen LogP contribution in [0.25, 0.3) is 0 Å². The number of allylic oxidation sites excluding steroid dienone is 3. The number of carbonyl (C=O) groups is 1. The minimum absolute atomic E-state index is 0.833. The van der Waals surface area contributed by atoms with Crippen molar-refractivity contribution in [2.45, 2.75) is 58.8 Å². The molecule has 0 spiro atoms. The van der Waals surface area contributed by atoms with Gasteiger partial charge >= 0.3 is 0 Å². The summed E-state index contributed by atoms with van der Waals surface area (Å²) < 4.78 is 0. The van der Waals surface area contributed by atoms with Gasteiger partial charge in [0.05, 0.1) is 6.26 Å². The number of hydrogen-bond donors (Lipinski definition) is 2. The van der Waals surface area contributed by atoms with Crippen LogP contribution in [0.3, 0.4) is 0 Å². The number of unbranched alkanes of at least 4 members (excludes halogenated alkanes) is 5. The fraction of sp³-hybridized carbons (Fsp3) is 0.643. The van der Waals surface area contributed by atoms with E-state index in [2.05, 4.69) is 19.1 Å². The van der Waals surface area contributed by atoms with Gasteiger partial charge in [-0.25, -0.2) is 0 Å². The van der Waals surface area contributed by atoms with Gasteiger partial charge in [0.1, 0.15) is 0 Å². The first-order valence-electron chi connectivity index (χ1n) is 6.28. The molecule has 0 aromatic carbocycles. The summed E-state index contributed by atoms with van der Waals surface area (Å²) in [5.41, 5.74) is 0. The topological polar surface area (TPSA) is 57.5 Å². The highest BCUT2D eigenvalue weighted by Crippen LogP contribution is 2.06. The number of rotatable bonds is 8. The summed E-state index contributed by atoms with van der Waals surface area (Å²) in [5, 5.41) is 15.8. The van der Waals surface area contributed by atoms with E-state index in [-0.39, 0.29) is 0 Å². The summed E-state index contributed by atoms with van der Waals surface area (Å²) in [5.74, 6) is -0.833. The summed E-state index contributed by atoms with van der Waals surface area (Å²) >= 11 is 0. The second kappa shape index (κ2) is 17.2. The molecule has 0 rings (SSSR count). The molecule has 0 aliphatic rings. The first-order valence-corrected chi connectivity index (χ1v) is 6.28. The van der Waals surface area contributed by atoms with Gasteiger partial charge < -0.3 is 10.2 Å². The van der Waals surface area contributed by atoms with E-state index in [9.17, 15) is 0 Å². The van der Waals surface area contributed by atoms with Gasteiger partial charge in [-0.2, -0.15) is 0 Å². The average molecular weight is 242 g/mol. The summed E-state index contributed by atoms with van der Waals surface area (Å²) in [6.07, 6.45) is 16.0. The number of aliphatic hydroxyl groups is 1. The third kappa shape index (κ3) is 31.3. The van der Waals surface area contributed by atoms with E-state index in [4.69, 9.17) is 15.0 Å². The Labute approximate surface area is 105 Å². The van der Waals surface area contributed by atoms with Gasteiger partial charge in [-0.1, -0.05) is 38.0 Å². The molecule has 0 fully saturated rings. The van der Waals surface area contributed by atoms with Gasteiger partial charge in [-0.05, 0) is 32.1 Å². The van der Waals surface area contributed by atoms with Crippen LogP contribution < -0.4 is 0 Å². The summed E-state index contributed by atoms with van der Waals surface area (Å²) in [4.78, 5) is 9.00. The smallest absolute Gasteiger partial charge is 0.300 e. The molecule has 100 valence electrons. The quantitative estimate of drug-likeness (QED) is 0.375. The van der Waals surface area contributed by atoms with Crippen LogP contribution in [0.15, 0.2) is 24.5 Å². The predicted molar refractivity (Wildman–Crippen MR) is 72.2 cm³/mol. The highest BCUT2D eigenvalue weighted by atomic mass is 16.4. The van der Waals surface area contributed by atoms with Gasteiger partial charge in [-0.15, -0.1) is 0 Å². The highest BCUT2D eigenvalue weighted by Gasteiger charge is 1.86. The van der Waals surface area contributed by atoms with E-state index >= 15 is 0 Å². The average Bonchev–Trinajstić information content (AvgIpc) is 2.26. The van der Waals surface area contributed by atoms with Gasteiger partial charge in [0, 0.05) is 6.92 Å². The van der Waals surface area contributed by atoms with Crippen LogP contribution in [-0.4, -0.2) is 16.2 Å². The Morgan fingerprint density at radius 3 is 1.88 bits per heavy atom. The Hall–Kier alpha value is -1.25. The lowest BCUT2D eigenvalue weighted by molar-refractivity contribution is -0.134. The minimum atomic E-state index is -0.833. The van der Waals surface area contributed by atoms with Crippen LogP contribution in [0, 0.1) is 0 Å². The molecule has 0 atom stereocenters. The van der Waals surface area contributed by atoms with Crippen molar-refractivity contribution in [2.24, 2.45) is 0 Å². The van der Waals surface area contributed by atoms with E-state index < -0.39 is 5.97 Å². The zero-order valence-electron chi connectivity index (χ0n) is 11.1. The van der Waals surface area contributed by atoms with E-state index in [1.165, 1.54) is 32.1 Å². The molecule has 0 aliphatic carbocycles. The van der Waals surface area contributed by atoms with Crippen LogP contribution in [-0.2, 0) is 4.79 Å². The minimum Gasteiger partial charge on any atom is -0.516 e. The second-order valence-electron chi connectivity index (χ2n) is 3.78. The van der Waals surface area contributed by atoms with E-state index in [1.807, 2.05) is 6.08 Å². The SMILES string of the molecule is CC(=O)O.CC/C=C\CCCCCC/C=C\O. The Morgan fingerprint density at radius 1 is 1.00 bits per heavy atom. The molecule has 0 aliphatic heterocycles. The zero-order valence-corrected chi connectivity index (χ0v) is 11.1. The van der Waals surface area contributed by atoms with E-state index in [0.717, 1.165) is 26.0 Å². The number of aliphatic hydroxyl groups excluding tert-OH is 1. The fourth-order valence-corrected chi connectivity index (χ4v) is 1.24. The summed E-state index contributed by atoms with van der Waals surface area (Å²) in [6, 6.07) is 0. The fourth-order valence-electron chi connectivity index (χ4n) is 1.24. The molecule has 0 unspecified atom stereocenters. The first kappa shape index (κ1) is 18.1. The van der Waals surface area contributed by atoms with Crippen LogP contribution in [0.4, 0.5) is 0 Å². The Balaban J connectivity index is 0. The number of aliphatic carboxylic acids is 1. The summed E-state index contributed by atoms with van der Waals surface area (Å²) in [7, 11) is 0. The molecule has 3 heteroatoms. The Morgan fingerprint density at radius 2 is 1.47 bits per heavy atom. The Bertz CT molecular complexity index is 204. The molecule has 0 saturated heterocycles. The van der Waals surface area contributed by atoms with Gasteiger partial charge in [0.15, 0.2) is 0 Å². The first-order chi connectivity index (χ1) is 8.15. The van der Waals surface area contributed by atoms with Gasteiger partial charge in [0.25, 0.3) is 5.97 Å². The van der Waals surface area contributed by atoms with Gasteiger partial charge in [0.2, 0.25) is 0 Å². The normalized spacial score (nSPS) is 10.5. The van der Waals surface area contributed by atoms with Crippen molar-refractivity contribution in [1.82, 2.24) is 0 Å².